The minimum absolute atomic E-state index is 0.0437. The van der Waals surface area contributed by atoms with Crippen molar-refractivity contribution in [3.8, 4) is 6.07 Å². The fourth-order valence-electron chi connectivity index (χ4n) is 2.92. The van der Waals surface area contributed by atoms with Crippen molar-refractivity contribution in [2.75, 3.05) is 7.11 Å². The highest BCUT2D eigenvalue weighted by atomic mass is 16.7. The third-order valence-electron chi connectivity index (χ3n) is 3.91. The Morgan fingerprint density at radius 2 is 2.24 bits per heavy atom. The highest BCUT2D eigenvalue weighted by Gasteiger charge is 2.52. The van der Waals surface area contributed by atoms with Gasteiger partial charge in [0.1, 0.15) is 0 Å². The normalized spacial score (nSPS) is 27.1. The Balaban J connectivity index is 2.26. The minimum Gasteiger partial charge on any atom is -0.365 e. The molecule has 0 bridgehead atoms. The number of amides is 1. The predicted molar refractivity (Wildman–Crippen MR) is 70.8 cm³/mol. The lowest BCUT2D eigenvalue weighted by molar-refractivity contribution is -0.236. The van der Waals surface area contributed by atoms with Crippen LogP contribution in [-0.2, 0) is 9.63 Å². The number of carbonyl (C=O) groups is 2. The lowest BCUT2D eigenvalue weighted by Gasteiger charge is -2.46. The average Bonchev–Trinajstić information content (AvgIpc) is 2.49. The van der Waals surface area contributed by atoms with Crippen LogP contribution in [0.2, 0.25) is 0 Å². The maximum absolute atomic E-state index is 12.4. The van der Waals surface area contributed by atoms with E-state index in [2.05, 4.69) is 0 Å². The molecular formula is C15H12N2O4. The third kappa shape index (κ3) is 1.79. The topological polar surface area (TPSA) is 90.6 Å². The van der Waals surface area contributed by atoms with Gasteiger partial charge in [-0.15, -0.1) is 0 Å². The van der Waals surface area contributed by atoms with Crippen LogP contribution >= 0.6 is 0 Å². The summed E-state index contributed by atoms with van der Waals surface area (Å²) in [5.41, 5.74) is -0.529. The maximum atomic E-state index is 12.4. The standard InChI is InChI=1S/C15H12N2O4/c1-21-17-14(19)11-3-2-9(8-16)6-12(11)13-7-10(18)4-5-15(13,17)20/h2-6,13,20H,7H2,1H3/t13-,15+/m0/s1. The summed E-state index contributed by atoms with van der Waals surface area (Å²) >= 11 is 0. The minimum atomic E-state index is -1.72. The Morgan fingerprint density at radius 3 is 2.90 bits per heavy atom. The van der Waals surface area contributed by atoms with Crippen LogP contribution in [0, 0.1) is 11.3 Å². The largest absolute Gasteiger partial charge is 0.365 e. The number of hydrogen-bond acceptors (Lipinski definition) is 5. The molecule has 1 heterocycles. The second kappa shape index (κ2) is 4.52. The van der Waals surface area contributed by atoms with Gasteiger partial charge < -0.3 is 5.11 Å². The molecule has 1 aromatic carbocycles. The molecule has 0 saturated carbocycles. The molecule has 2 aliphatic rings. The quantitative estimate of drug-likeness (QED) is 0.826. The number of hydrogen-bond donors (Lipinski definition) is 1. The zero-order chi connectivity index (χ0) is 15.2. The van der Waals surface area contributed by atoms with Crippen LogP contribution in [0.1, 0.15) is 33.8 Å². The Bertz CT molecular complexity index is 719. The van der Waals surface area contributed by atoms with E-state index < -0.39 is 17.6 Å². The second-order valence-electron chi connectivity index (χ2n) is 5.04. The van der Waals surface area contributed by atoms with E-state index in [9.17, 15) is 14.7 Å². The number of nitriles is 1. The molecule has 1 aromatic rings. The highest BCUT2D eigenvalue weighted by Crippen LogP contribution is 2.44. The SMILES string of the molecule is CON1C(=O)c2ccc(C#N)cc2[C@@H]2CC(=O)C=C[C@@]21O. The summed E-state index contributed by atoms with van der Waals surface area (Å²) in [6.45, 7) is 0. The van der Waals surface area contributed by atoms with Gasteiger partial charge in [-0.1, -0.05) is 0 Å². The molecule has 6 nitrogen and oxygen atoms in total. The van der Waals surface area contributed by atoms with Crippen LogP contribution in [0.4, 0.5) is 0 Å². The van der Waals surface area contributed by atoms with Crippen LogP contribution < -0.4 is 0 Å². The molecule has 0 radical (unpaired) electrons. The molecule has 6 heteroatoms. The van der Waals surface area contributed by atoms with Crippen molar-refractivity contribution in [2.24, 2.45) is 0 Å². The monoisotopic (exact) mass is 284 g/mol. The Kier molecular flexibility index (Phi) is 2.90. The molecule has 1 aliphatic heterocycles. The summed E-state index contributed by atoms with van der Waals surface area (Å²) in [4.78, 5) is 29.2. The number of ketones is 1. The van der Waals surface area contributed by atoms with Crippen molar-refractivity contribution in [1.82, 2.24) is 5.06 Å². The van der Waals surface area contributed by atoms with Crippen LogP contribution in [0.15, 0.2) is 30.4 Å². The molecule has 2 atom stereocenters. The van der Waals surface area contributed by atoms with E-state index >= 15 is 0 Å². The first-order valence-electron chi connectivity index (χ1n) is 6.38. The van der Waals surface area contributed by atoms with E-state index in [1.54, 1.807) is 6.07 Å². The molecule has 1 aliphatic carbocycles. The summed E-state index contributed by atoms with van der Waals surface area (Å²) in [5.74, 6) is -1.31. The van der Waals surface area contributed by atoms with Crippen molar-refractivity contribution >= 4 is 11.7 Å². The number of hydroxylamine groups is 2. The van der Waals surface area contributed by atoms with E-state index in [1.807, 2.05) is 6.07 Å². The van der Waals surface area contributed by atoms with E-state index in [0.29, 0.717) is 16.7 Å². The zero-order valence-corrected chi connectivity index (χ0v) is 11.2. The lowest BCUT2D eigenvalue weighted by Crippen LogP contribution is -2.58. The second-order valence-corrected chi connectivity index (χ2v) is 5.04. The first-order chi connectivity index (χ1) is 10.0. The molecule has 0 unspecified atom stereocenters. The molecule has 0 spiro atoms. The Morgan fingerprint density at radius 1 is 1.48 bits per heavy atom. The number of aliphatic hydroxyl groups is 1. The van der Waals surface area contributed by atoms with Gasteiger partial charge in [0.15, 0.2) is 11.5 Å². The van der Waals surface area contributed by atoms with Gasteiger partial charge in [-0.05, 0) is 35.9 Å². The average molecular weight is 284 g/mol. The summed E-state index contributed by atoms with van der Waals surface area (Å²) in [6, 6.07) is 6.58. The van der Waals surface area contributed by atoms with Gasteiger partial charge in [-0.3, -0.25) is 14.4 Å². The van der Waals surface area contributed by atoms with Crippen LogP contribution in [0.5, 0.6) is 0 Å². The summed E-state index contributed by atoms with van der Waals surface area (Å²) in [5, 5.41) is 20.7. The smallest absolute Gasteiger partial charge is 0.280 e. The van der Waals surface area contributed by atoms with Crippen LogP contribution in [-0.4, -0.2) is 34.7 Å². The summed E-state index contributed by atoms with van der Waals surface area (Å²) in [6.07, 6.45) is 2.56. The van der Waals surface area contributed by atoms with Gasteiger partial charge in [-0.25, -0.2) is 0 Å². The number of carbonyl (C=O) groups excluding carboxylic acids is 2. The van der Waals surface area contributed by atoms with Crippen LogP contribution in [0.25, 0.3) is 0 Å². The van der Waals surface area contributed by atoms with Gasteiger partial charge in [0.25, 0.3) is 5.91 Å². The number of nitrogens with zero attached hydrogens (tertiary/aromatic N) is 2. The van der Waals surface area contributed by atoms with Crippen molar-refractivity contribution in [2.45, 2.75) is 18.1 Å². The van der Waals surface area contributed by atoms with E-state index in [0.717, 1.165) is 5.06 Å². The number of allylic oxidation sites excluding steroid dienone is 1. The molecule has 0 fully saturated rings. The first-order valence-corrected chi connectivity index (χ1v) is 6.38. The molecule has 0 aromatic heterocycles. The van der Waals surface area contributed by atoms with Gasteiger partial charge in [0, 0.05) is 17.9 Å². The molecule has 106 valence electrons. The Labute approximate surface area is 120 Å². The van der Waals surface area contributed by atoms with Crippen molar-refractivity contribution in [3.05, 3.63) is 47.0 Å². The molecule has 1 amide bonds. The first kappa shape index (κ1) is 13.5. The van der Waals surface area contributed by atoms with Gasteiger partial charge in [0.05, 0.1) is 18.7 Å². The van der Waals surface area contributed by atoms with E-state index in [4.69, 9.17) is 10.1 Å². The zero-order valence-electron chi connectivity index (χ0n) is 11.2. The molecule has 0 saturated heterocycles. The van der Waals surface area contributed by atoms with Crippen molar-refractivity contribution in [1.29, 1.82) is 5.26 Å². The predicted octanol–water partition coefficient (Wildman–Crippen LogP) is 0.877. The lowest BCUT2D eigenvalue weighted by atomic mass is 9.75. The van der Waals surface area contributed by atoms with E-state index in [-0.39, 0.29) is 12.2 Å². The number of fused-ring (bicyclic) bond motifs is 3. The van der Waals surface area contributed by atoms with Crippen molar-refractivity contribution in [3.63, 3.8) is 0 Å². The number of rotatable bonds is 1. The van der Waals surface area contributed by atoms with Gasteiger partial charge in [-0.2, -0.15) is 10.3 Å². The molecular weight excluding hydrogens is 272 g/mol. The number of benzene rings is 1. The highest BCUT2D eigenvalue weighted by molar-refractivity contribution is 6.00. The van der Waals surface area contributed by atoms with E-state index in [1.165, 1.54) is 31.4 Å². The molecule has 3 rings (SSSR count). The molecule has 21 heavy (non-hydrogen) atoms. The summed E-state index contributed by atoms with van der Waals surface area (Å²) < 4.78 is 0. The van der Waals surface area contributed by atoms with Crippen molar-refractivity contribution < 1.29 is 19.5 Å². The maximum Gasteiger partial charge on any atom is 0.280 e. The van der Waals surface area contributed by atoms with Crippen LogP contribution in [0.3, 0.4) is 0 Å². The van der Waals surface area contributed by atoms with Gasteiger partial charge >= 0.3 is 0 Å². The Hall–Kier alpha value is -2.49. The third-order valence-corrected chi connectivity index (χ3v) is 3.91. The fraction of sp³-hybridized carbons (Fsp3) is 0.267. The fourth-order valence-corrected chi connectivity index (χ4v) is 2.92. The summed E-state index contributed by atoms with van der Waals surface area (Å²) in [7, 11) is 1.28. The molecule has 1 N–H and O–H groups in total. The van der Waals surface area contributed by atoms with Gasteiger partial charge in [0.2, 0.25) is 0 Å².